The fraction of sp³-hybridized carbons (Fsp3) is 0.714. The number of carbonyl (C=O) groups is 1. The van der Waals surface area contributed by atoms with Crippen LogP contribution >= 0.6 is 0 Å². The van der Waals surface area contributed by atoms with Crippen molar-refractivity contribution in [3.63, 3.8) is 0 Å². The summed E-state index contributed by atoms with van der Waals surface area (Å²) in [5.41, 5.74) is 0.135. The topological polar surface area (TPSA) is 76.8 Å². The fourth-order valence-corrected chi connectivity index (χ4v) is 2.03. The number of aromatic nitrogens is 2. The molecule has 1 saturated heterocycles. The molecule has 1 aromatic rings. The van der Waals surface area contributed by atoms with Gasteiger partial charge in [-0.05, 0) is 27.7 Å². The summed E-state index contributed by atoms with van der Waals surface area (Å²) in [7, 11) is 0. The van der Waals surface area contributed by atoms with Gasteiger partial charge < -0.3 is 19.5 Å². The van der Waals surface area contributed by atoms with Crippen LogP contribution in [0.2, 0.25) is 0 Å². The van der Waals surface area contributed by atoms with Crippen molar-refractivity contribution in [2.45, 2.75) is 45.6 Å². The maximum atomic E-state index is 11.8. The van der Waals surface area contributed by atoms with E-state index in [-0.39, 0.29) is 12.1 Å². The highest BCUT2D eigenvalue weighted by Crippen LogP contribution is 2.24. The number of hydrogen-bond acceptors (Lipinski definition) is 5. The van der Waals surface area contributed by atoms with Crippen LogP contribution in [-0.2, 0) is 9.47 Å². The molecule has 0 bridgehead atoms. The smallest absolute Gasteiger partial charge is 0.410 e. The lowest BCUT2D eigenvalue weighted by atomic mass is 10.1. The number of ether oxygens (including phenoxy) is 2. The van der Waals surface area contributed by atoms with Crippen molar-refractivity contribution in [3.8, 4) is 0 Å². The number of nitrogens with zero attached hydrogens (tertiary/aromatic N) is 3. The van der Waals surface area contributed by atoms with Gasteiger partial charge in [-0.3, -0.25) is 4.68 Å². The lowest BCUT2D eigenvalue weighted by molar-refractivity contribution is -0.0980. The molecule has 1 aromatic heterocycles. The van der Waals surface area contributed by atoms with E-state index in [1.165, 1.54) is 0 Å². The number of likely N-dealkylation sites (tertiary alicyclic amines) is 1. The zero-order valence-corrected chi connectivity index (χ0v) is 12.9. The van der Waals surface area contributed by atoms with Gasteiger partial charge >= 0.3 is 6.09 Å². The minimum atomic E-state index is -0.953. The van der Waals surface area contributed by atoms with Gasteiger partial charge in [0.2, 0.25) is 0 Å². The summed E-state index contributed by atoms with van der Waals surface area (Å²) in [6, 6.07) is 0.111. The van der Waals surface area contributed by atoms with E-state index in [9.17, 15) is 9.90 Å². The largest absolute Gasteiger partial charge is 0.444 e. The van der Waals surface area contributed by atoms with E-state index in [0.717, 1.165) is 0 Å². The van der Waals surface area contributed by atoms with Crippen LogP contribution in [0.15, 0.2) is 12.4 Å². The van der Waals surface area contributed by atoms with Crippen molar-refractivity contribution >= 4 is 6.09 Å². The molecule has 0 aromatic carbocycles. The Kier molecular flexibility index (Phi) is 4.53. The van der Waals surface area contributed by atoms with Crippen LogP contribution in [0, 0.1) is 0 Å². The number of aliphatic hydroxyl groups excluding tert-OH is 1. The molecule has 1 aliphatic rings. The van der Waals surface area contributed by atoms with E-state index in [4.69, 9.17) is 9.47 Å². The van der Waals surface area contributed by atoms with Gasteiger partial charge in [0, 0.05) is 31.5 Å². The standard InChI is InChI=1S/C14H23N3O4/c1-5-20-12(18)10-6-15-17(7-10)11-8-16(9-11)13(19)21-14(2,3)4/h6-7,11-12,18H,5,8-9H2,1-4H3. The molecular formula is C14H23N3O4. The molecule has 7 nitrogen and oxygen atoms in total. The van der Waals surface area contributed by atoms with E-state index >= 15 is 0 Å². The molecule has 21 heavy (non-hydrogen) atoms. The molecule has 118 valence electrons. The van der Waals surface area contributed by atoms with E-state index in [2.05, 4.69) is 5.10 Å². The molecule has 0 saturated carbocycles. The lowest BCUT2D eigenvalue weighted by Crippen LogP contribution is -2.52. The molecule has 2 rings (SSSR count). The van der Waals surface area contributed by atoms with Crippen LogP contribution < -0.4 is 0 Å². The highest BCUT2D eigenvalue weighted by atomic mass is 16.6. The summed E-state index contributed by atoms with van der Waals surface area (Å²) in [5.74, 6) is 0. The van der Waals surface area contributed by atoms with Crippen LogP contribution in [-0.4, -0.2) is 51.2 Å². The predicted molar refractivity (Wildman–Crippen MR) is 75.7 cm³/mol. The Bertz CT molecular complexity index is 489. The van der Waals surface area contributed by atoms with Crippen molar-refractivity contribution in [1.29, 1.82) is 0 Å². The highest BCUT2D eigenvalue weighted by Gasteiger charge is 2.35. The zero-order valence-electron chi connectivity index (χ0n) is 12.9. The summed E-state index contributed by atoms with van der Waals surface area (Å²) >= 11 is 0. The Hall–Kier alpha value is -1.60. The Morgan fingerprint density at radius 3 is 2.76 bits per heavy atom. The Balaban J connectivity index is 1.86. The van der Waals surface area contributed by atoms with Gasteiger partial charge in [0.1, 0.15) is 5.60 Å². The minimum absolute atomic E-state index is 0.111. The van der Waals surface area contributed by atoms with Gasteiger partial charge in [-0.25, -0.2) is 4.79 Å². The zero-order chi connectivity index (χ0) is 15.6. The average molecular weight is 297 g/mol. The second-order valence-electron chi connectivity index (χ2n) is 6.10. The summed E-state index contributed by atoms with van der Waals surface area (Å²) in [6.45, 7) is 8.90. The van der Waals surface area contributed by atoms with Crippen LogP contribution in [0.3, 0.4) is 0 Å². The van der Waals surface area contributed by atoms with Gasteiger partial charge in [0.05, 0.1) is 12.2 Å². The molecular weight excluding hydrogens is 274 g/mol. The van der Waals surface area contributed by atoms with Crippen LogP contribution in [0.4, 0.5) is 4.79 Å². The fourth-order valence-electron chi connectivity index (χ4n) is 2.03. The van der Waals surface area contributed by atoms with E-state index < -0.39 is 11.9 Å². The second-order valence-corrected chi connectivity index (χ2v) is 6.10. The van der Waals surface area contributed by atoms with Crippen molar-refractivity contribution in [3.05, 3.63) is 18.0 Å². The third kappa shape index (κ3) is 3.95. The summed E-state index contributed by atoms with van der Waals surface area (Å²) in [6.07, 6.45) is 2.07. The van der Waals surface area contributed by atoms with Gasteiger partial charge in [-0.15, -0.1) is 0 Å². The second kappa shape index (κ2) is 6.03. The predicted octanol–water partition coefficient (Wildman–Crippen LogP) is 1.70. The van der Waals surface area contributed by atoms with Crippen LogP contribution in [0.1, 0.15) is 45.6 Å². The van der Waals surface area contributed by atoms with Crippen molar-refractivity contribution in [2.75, 3.05) is 19.7 Å². The maximum Gasteiger partial charge on any atom is 0.410 e. The lowest BCUT2D eigenvalue weighted by Gasteiger charge is -2.39. The maximum absolute atomic E-state index is 11.8. The monoisotopic (exact) mass is 297 g/mol. The number of aliphatic hydroxyl groups is 1. The third-order valence-electron chi connectivity index (χ3n) is 3.12. The van der Waals surface area contributed by atoms with Crippen molar-refractivity contribution < 1.29 is 19.4 Å². The summed E-state index contributed by atoms with van der Waals surface area (Å²) < 4.78 is 12.2. The molecule has 2 heterocycles. The normalized spacial score (nSPS) is 17.5. The molecule has 7 heteroatoms. The van der Waals surface area contributed by atoms with Gasteiger partial charge in [0.25, 0.3) is 0 Å². The van der Waals surface area contributed by atoms with Gasteiger partial charge in [-0.2, -0.15) is 5.10 Å². The summed E-state index contributed by atoms with van der Waals surface area (Å²) in [5, 5.41) is 13.9. The van der Waals surface area contributed by atoms with Crippen LogP contribution in [0.25, 0.3) is 0 Å². The number of rotatable bonds is 4. The first kappa shape index (κ1) is 15.8. The van der Waals surface area contributed by atoms with E-state index in [1.807, 2.05) is 27.7 Å². The molecule has 0 spiro atoms. The number of carbonyl (C=O) groups excluding carboxylic acids is 1. The molecule has 1 fully saturated rings. The minimum Gasteiger partial charge on any atom is -0.444 e. The number of hydrogen-bond donors (Lipinski definition) is 1. The Morgan fingerprint density at radius 1 is 1.52 bits per heavy atom. The van der Waals surface area contributed by atoms with Crippen molar-refractivity contribution in [2.24, 2.45) is 0 Å². The molecule has 1 amide bonds. The van der Waals surface area contributed by atoms with E-state index in [1.54, 1.807) is 22.0 Å². The molecule has 0 radical (unpaired) electrons. The first-order valence-electron chi connectivity index (χ1n) is 7.12. The Morgan fingerprint density at radius 2 is 2.19 bits per heavy atom. The first-order chi connectivity index (χ1) is 9.80. The summed E-state index contributed by atoms with van der Waals surface area (Å²) in [4.78, 5) is 13.5. The first-order valence-corrected chi connectivity index (χ1v) is 7.12. The Labute approximate surface area is 124 Å². The van der Waals surface area contributed by atoms with Crippen molar-refractivity contribution in [1.82, 2.24) is 14.7 Å². The highest BCUT2D eigenvalue weighted by molar-refractivity contribution is 5.69. The van der Waals surface area contributed by atoms with Crippen LogP contribution in [0.5, 0.6) is 0 Å². The molecule has 0 aliphatic carbocycles. The SMILES string of the molecule is CCOC(O)c1cnn(C2CN(C(=O)OC(C)(C)C)C2)c1. The molecule has 1 unspecified atom stereocenters. The molecule has 1 aliphatic heterocycles. The van der Waals surface area contributed by atoms with Gasteiger partial charge in [-0.1, -0.05) is 0 Å². The average Bonchev–Trinajstić information content (AvgIpc) is 2.74. The quantitative estimate of drug-likeness (QED) is 0.856. The molecule has 1 N–H and O–H groups in total. The van der Waals surface area contributed by atoms with Gasteiger partial charge in [0.15, 0.2) is 6.29 Å². The van der Waals surface area contributed by atoms with E-state index in [0.29, 0.717) is 25.3 Å². The molecule has 1 atom stereocenters. The third-order valence-corrected chi connectivity index (χ3v) is 3.12. The number of amides is 1.